The maximum Gasteiger partial charge on any atom is 0.260 e. The van der Waals surface area contributed by atoms with Gasteiger partial charge in [0.2, 0.25) is 5.91 Å². The van der Waals surface area contributed by atoms with Gasteiger partial charge in [-0.15, -0.1) is 0 Å². The summed E-state index contributed by atoms with van der Waals surface area (Å²) in [6, 6.07) is 6.66. The van der Waals surface area contributed by atoms with Crippen LogP contribution in [0.15, 0.2) is 36.7 Å². The number of rotatable bonds is 7. The van der Waals surface area contributed by atoms with Gasteiger partial charge in [-0.2, -0.15) is 5.10 Å². The SMILES string of the molecule is CNC(=O)Cn1cc(NC(=O)c2cccc(OCC(=O)N3CCCCC3)c2)cn1. The number of likely N-dealkylation sites (tertiary alicyclic amines) is 1. The van der Waals surface area contributed by atoms with Crippen molar-refractivity contribution < 1.29 is 19.1 Å². The Balaban J connectivity index is 1.55. The summed E-state index contributed by atoms with van der Waals surface area (Å²) in [6.45, 7) is 1.58. The molecule has 1 aromatic carbocycles. The Hall–Kier alpha value is -3.36. The lowest BCUT2D eigenvalue weighted by Crippen LogP contribution is -2.38. The number of carbonyl (C=O) groups is 3. The van der Waals surface area contributed by atoms with E-state index in [1.807, 2.05) is 4.90 Å². The number of piperidine rings is 1. The lowest BCUT2D eigenvalue weighted by Gasteiger charge is -2.26. The van der Waals surface area contributed by atoms with E-state index in [1.54, 1.807) is 37.5 Å². The summed E-state index contributed by atoms with van der Waals surface area (Å²) in [5.74, 6) is -0.103. The Morgan fingerprint density at radius 2 is 1.97 bits per heavy atom. The van der Waals surface area contributed by atoms with Crippen LogP contribution in [0.1, 0.15) is 29.6 Å². The second-order valence-electron chi connectivity index (χ2n) is 6.81. The van der Waals surface area contributed by atoms with Crippen molar-refractivity contribution in [3.63, 3.8) is 0 Å². The van der Waals surface area contributed by atoms with Crippen molar-refractivity contribution in [2.75, 3.05) is 32.1 Å². The second kappa shape index (κ2) is 9.72. The topological polar surface area (TPSA) is 106 Å². The molecule has 154 valence electrons. The summed E-state index contributed by atoms with van der Waals surface area (Å²) >= 11 is 0. The van der Waals surface area contributed by atoms with Gasteiger partial charge in [0.1, 0.15) is 12.3 Å². The fourth-order valence-electron chi connectivity index (χ4n) is 3.05. The fraction of sp³-hybridized carbons (Fsp3) is 0.400. The predicted octanol–water partition coefficient (Wildman–Crippen LogP) is 1.27. The van der Waals surface area contributed by atoms with Crippen LogP contribution in [0.5, 0.6) is 5.75 Å². The van der Waals surface area contributed by atoms with E-state index in [2.05, 4.69) is 15.7 Å². The highest BCUT2D eigenvalue weighted by molar-refractivity contribution is 6.04. The second-order valence-corrected chi connectivity index (χ2v) is 6.81. The van der Waals surface area contributed by atoms with Crippen LogP contribution in [0, 0.1) is 0 Å². The average Bonchev–Trinajstić information content (AvgIpc) is 3.19. The van der Waals surface area contributed by atoms with Crippen LogP contribution in [-0.2, 0) is 16.1 Å². The zero-order chi connectivity index (χ0) is 20.6. The summed E-state index contributed by atoms with van der Waals surface area (Å²) in [5.41, 5.74) is 0.873. The third-order valence-corrected chi connectivity index (χ3v) is 4.64. The van der Waals surface area contributed by atoms with E-state index in [9.17, 15) is 14.4 Å². The number of benzene rings is 1. The molecule has 0 saturated carbocycles. The minimum absolute atomic E-state index is 0.0388. The zero-order valence-electron chi connectivity index (χ0n) is 16.4. The Morgan fingerprint density at radius 3 is 2.72 bits per heavy atom. The number of carbonyl (C=O) groups excluding carboxylic acids is 3. The van der Waals surface area contributed by atoms with Crippen LogP contribution in [0.2, 0.25) is 0 Å². The van der Waals surface area contributed by atoms with Gasteiger partial charge in [-0.1, -0.05) is 6.07 Å². The Bertz CT molecular complexity index is 873. The predicted molar refractivity (Wildman–Crippen MR) is 107 cm³/mol. The molecule has 1 aliphatic rings. The summed E-state index contributed by atoms with van der Waals surface area (Å²) in [4.78, 5) is 37.9. The number of aromatic nitrogens is 2. The molecule has 0 atom stereocenters. The van der Waals surface area contributed by atoms with E-state index in [0.29, 0.717) is 17.0 Å². The maximum atomic E-state index is 12.5. The number of ether oxygens (including phenoxy) is 1. The van der Waals surface area contributed by atoms with Gasteiger partial charge in [-0.05, 0) is 37.5 Å². The van der Waals surface area contributed by atoms with Gasteiger partial charge in [0, 0.05) is 31.9 Å². The average molecular weight is 399 g/mol. The number of anilines is 1. The molecule has 3 amide bonds. The molecule has 1 fully saturated rings. The van der Waals surface area contributed by atoms with Gasteiger partial charge in [0.05, 0.1) is 11.9 Å². The molecule has 0 radical (unpaired) electrons. The van der Waals surface area contributed by atoms with Gasteiger partial charge >= 0.3 is 0 Å². The third-order valence-electron chi connectivity index (χ3n) is 4.64. The fourth-order valence-corrected chi connectivity index (χ4v) is 3.05. The highest BCUT2D eigenvalue weighted by atomic mass is 16.5. The molecular weight excluding hydrogens is 374 g/mol. The minimum Gasteiger partial charge on any atom is -0.484 e. The van der Waals surface area contributed by atoms with E-state index in [1.165, 1.54) is 10.9 Å². The molecule has 0 aliphatic carbocycles. The van der Waals surface area contributed by atoms with Crippen LogP contribution >= 0.6 is 0 Å². The molecule has 0 unspecified atom stereocenters. The number of amides is 3. The highest BCUT2D eigenvalue weighted by Gasteiger charge is 2.17. The summed E-state index contributed by atoms with van der Waals surface area (Å²) in [6.07, 6.45) is 6.26. The highest BCUT2D eigenvalue weighted by Crippen LogP contribution is 2.16. The van der Waals surface area contributed by atoms with Crippen LogP contribution in [-0.4, -0.2) is 59.1 Å². The van der Waals surface area contributed by atoms with E-state index < -0.39 is 0 Å². The van der Waals surface area contributed by atoms with Gasteiger partial charge < -0.3 is 20.3 Å². The monoisotopic (exact) mass is 399 g/mol. The molecule has 2 aromatic rings. The summed E-state index contributed by atoms with van der Waals surface area (Å²) < 4.78 is 7.02. The smallest absolute Gasteiger partial charge is 0.260 e. The van der Waals surface area contributed by atoms with Crippen molar-refractivity contribution in [2.45, 2.75) is 25.8 Å². The van der Waals surface area contributed by atoms with E-state index in [-0.39, 0.29) is 30.9 Å². The first-order valence-corrected chi connectivity index (χ1v) is 9.60. The molecule has 9 heteroatoms. The van der Waals surface area contributed by atoms with Crippen molar-refractivity contribution >= 4 is 23.4 Å². The number of nitrogens with one attached hydrogen (secondary N) is 2. The Kier molecular flexibility index (Phi) is 6.83. The molecule has 1 aliphatic heterocycles. The van der Waals surface area contributed by atoms with E-state index in [0.717, 1.165) is 32.4 Å². The molecule has 1 saturated heterocycles. The third kappa shape index (κ3) is 5.81. The van der Waals surface area contributed by atoms with Crippen LogP contribution in [0.4, 0.5) is 5.69 Å². The standard InChI is InChI=1S/C20H25N5O4/c1-21-18(26)13-25-12-16(11-22-25)23-20(28)15-6-5-7-17(10-15)29-14-19(27)24-8-3-2-4-9-24/h5-7,10-12H,2-4,8-9,13-14H2,1H3,(H,21,26)(H,23,28). The van der Waals surface area contributed by atoms with Crippen LogP contribution in [0.3, 0.4) is 0 Å². The minimum atomic E-state index is -0.336. The molecule has 0 spiro atoms. The first-order valence-electron chi connectivity index (χ1n) is 9.60. The van der Waals surface area contributed by atoms with Crippen molar-refractivity contribution in [2.24, 2.45) is 0 Å². The van der Waals surface area contributed by atoms with Gasteiger partial charge in [0.25, 0.3) is 11.8 Å². The molecule has 29 heavy (non-hydrogen) atoms. The first kappa shape index (κ1) is 20.4. The number of nitrogens with zero attached hydrogens (tertiary/aromatic N) is 3. The van der Waals surface area contributed by atoms with Gasteiger partial charge in [-0.25, -0.2) is 0 Å². The van der Waals surface area contributed by atoms with Crippen molar-refractivity contribution in [3.05, 3.63) is 42.2 Å². The maximum absolute atomic E-state index is 12.5. The summed E-state index contributed by atoms with van der Waals surface area (Å²) in [7, 11) is 1.55. The number of hydrogen-bond acceptors (Lipinski definition) is 5. The van der Waals surface area contributed by atoms with Crippen molar-refractivity contribution in [1.82, 2.24) is 20.0 Å². The molecular formula is C20H25N5O4. The van der Waals surface area contributed by atoms with Crippen LogP contribution < -0.4 is 15.4 Å². The molecule has 0 bridgehead atoms. The quantitative estimate of drug-likeness (QED) is 0.730. The zero-order valence-corrected chi connectivity index (χ0v) is 16.4. The lowest BCUT2D eigenvalue weighted by molar-refractivity contribution is -0.134. The first-order chi connectivity index (χ1) is 14.0. The molecule has 9 nitrogen and oxygen atoms in total. The lowest BCUT2D eigenvalue weighted by atomic mass is 10.1. The van der Waals surface area contributed by atoms with Crippen molar-refractivity contribution in [3.8, 4) is 5.75 Å². The number of likely N-dealkylation sites (N-methyl/N-ethyl adjacent to an activating group) is 1. The van der Waals surface area contributed by atoms with Crippen LogP contribution in [0.25, 0.3) is 0 Å². The molecule has 2 heterocycles. The molecule has 2 N–H and O–H groups in total. The largest absolute Gasteiger partial charge is 0.484 e. The molecule has 1 aromatic heterocycles. The van der Waals surface area contributed by atoms with E-state index >= 15 is 0 Å². The summed E-state index contributed by atoms with van der Waals surface area (Å²) in [5, 5.41) is 9.27. The van der Waals surface area contributed by atoms with Gasteiger partial charge in [0.15, 0.2) is 6.61 Å². The Labute approximate surface area is 169 Å². The Morgan fingerprint density at radius 1 is 1.17 bits per heavy atom. The normalized spacial score (nSPS) is 13.6. The van der Waals surface area contributed by atoms with Gasteiger partial charge in [-0.3, -0.25) is 19.1 Å². The van der Waals surface area contributed by atoms with Crippen molar-refractivity contribution in [1.29, 1.82) is 0 Å². The number of hydrogen-bond donors (Lipinski definition) is 2. The van der Waals surface area contributed by atoms with E-state index in [4.69, 9.17) is 4.74 Å². The molecule has 3 rings (SSSR count).